The Morgan fingerprint density at radius 3 is 2.36 bits per heavy atom. The van der Waals surface area contributed by atoms with Crippen LogP contribution in [0.1, 0.15) is 25.7 Å². The first-order valence-electron chi connectivity index (χ1n) is 4.37. The minimum atomic E-state index is -4.64. The SMILES string of the molecule is N[C@@]1(C(F)(F)F)CCCC[C@H]1C(=O)O. The summed E-state index contributed by atoms with van der Waals surface area (Å²) < 4.78 is 37.6. The van der Waals surface area contributed by atoms with Gasteiger partial charge in [0.05, 0.1) is 5.92 Å². The molecular weight excluding hydrogens is 199 g/mol. The number of hydrogen-bond donors (Lipinski definition) is 2. The van der Waals surface area contributed by atoms with Crippen molar-refractivity contribution in [2.45, 2.75) is 37.4 Å². The van der Waals surface area contributed by atoms with Gasteiger partial charge in [0.15, 0.2) is 0 Å². The van der Waals surface area contributed by atoms with Crippen LogP contribution in [0.15, 0.2) is 0 Å². The van der Waals surface area contributed by atoms with Crippen molar-refractivity contribution in [1.82, 2.24) is 0 Å². The van der Waals surface area contributed by atoms with Crippen LogP contribution in [0.25, 0.3) is 0 Å². The predicted octanol–water partition coefficient (Wildman–Crippen LogP) is 1.52. The molecule has 0 saturated heterocycles. The summed E-state index contributed by atoms with van der Waals surface area (Å²) in [6.07, 6.45) is -4.11. The van der Waals surface area contributed by atoms with E-state index in [0.29, 0.717) is 12.8 Å². The van der Waals surface area contributed by atoms with Crippen LogP contribution < -0.4 is 5.73 Å². The molecule has 14 heavy (non-hydrogen) atoms. The lowest BCUT2D eigenvalue weighted by molar-refractivity contribution is -0.214. The number of aliphatic carboxylic acids is 1. The Morgan fingerprint density at radius 1 is 1.43 bits per heavy atom. The topological polar surface area (TPSA) is 63.3 Å². The van der Waals surface area contributed by atoms with Gasteiger partial charge in [0.2, 0.25) is 0 Å². The lowest BCUT2D eigenvalue weighted by Crippen LogP contribution is -2.62. The van der Waals surface area contributed by atoms with Crippen LogP contribution in [0.3, 0.4) is 0 Å². The Hall–Kier alpha value is -0.780. The zero-order valence-corrected chi connectivity index (χ0v) is 7.47. The number of carboxylic acids is 1. The van der Waals surface area contributed by atoms with Gasteiger partial charge in [0.25, 0.3) is 0 Å². The number of carboxylic acid groups (broad SMARTS) is 1. The molecule has 0 bridgehead atoms. The Kier molecular flexibility index (Phi) is 2.76. The molecule has 0 amide bonds. The van der Waals surface area contributed by atoms with Gasteiger partial charge in [-0.05, 0) is 12.8 Å². The number of alkyl halides is 3. The van der Waals surface area contributed by atoms with E-state index >= 15 is 0 Å². The van der Waals surface area contributed by atoms with Crippen molar-refractivity contribution in [3.8, 4) is 0 Å². The van der Waals surface area contributed by atoms with E-state index in [-0.39, 0.29) is 12.8 Å². The second-order valence-corrected chi connectivity index (χ2v) is 3.67. The van der Waals surface area contributed by atoms with Crippen molar-refractivity contribution in [3.63, 3.8) is 0 Å². The molecule has 0 unspecified atom stereocenters. The van der Waals surface area contributed by atoms with Crippen molar-refractivity contribution in [3.05, 3.63) is 0 Å². The molecule has 0 aromatic carbocycles. The first kappa shape index (κ1) is 11.3. The number of carbonyl (C=O) groups is 1. The van der Waals surface area contributed by atoms with Gasteiger partial charge in [-0.3, -0.25) is 4.79 Å². The quantitative estimate of drug-likeness (QED) is 0.691. The summed E-state index contributed by atoms with van der Waals surface area (Å²) in [6, 6.07) is 0. The highest BCUT2D eigenvalue weighted by molar-refractivity contribution is 5.72. The molecule has 6 heteroatoms. The molecule has 1 fully saturated rings. The van der Waals surface area contributed by atoms with Crippen molar-refractivity contribution in [2.75, 3.05) is 0 Å². The van der Waals surface area contributed by atoms with Crippen LogP contribution in [0.4, 0.5) is 13.2 Å². The zero-order chi connectivity index (χ0) is 11.0. The largest absolute Gasteiger partial charge is 0.481 e. The summed E-state index contributed by atoms with van der Waals surface area (Å²) in [5.74, 6) is -2.96. The summed E-state index contributed by atoms with van der Waals surface area (Å²) in [6.45, 7) is 0. The Balaban J connectivity index is 2.97. The highest BCUT2D eigenvalue weighted by Gasteiger charge is 2.59. The summed E-state index contributed by atoms with van der Waals surface area (Å²) in [7, 11) is 0. The van der Waals surface area contributed by atoms with Crippen molar-refractivity contribution in [1.29, 1.82) is 0 Å². The first-order chi connectivity index (χ1) is 6.29. The number of halogens is 3. The zero-order valence-electron chi connectivity index (χ0n) is 7.47. The molecule has 0 radical (unpaired) electrons. The van der Waals surface area contributed by atoms with Crippen LogP contribution in [-0.2, 0) is 4.79 Å². The Bertz CT molecular complexity index is 241. The van der Waals surface area contributed by atoms with E-state index in [0.717, 1.165) is 0 Å². The van der Waals surface area contributed by atoms with Gasteiger partial charge in [0, 0.05) is 0 Å². The van der Waals surface area contributed by atoms with E-state index in [4.69, 9.17) is 10.8 Å². The molecule has 3 nitrogen and oxygen atoms in total. The molecule has 82 valence electrons. The Morgan fingerprint density at radius 2 is 2.00 bits per heavy atom. The summed E-state index contributed by atoms with van der Waals surface area (Å²) in [5, 5.41) is 8.66. The average Bonchev–Trinajstić information content (AvgIpc) is 2.02. The molecule has 0 spiro atoms. The van der Waals surface area contributed by atoms with Gasteiger partial charge >= 0.3 is 12.1 Å². The maximum Gasteiger partial charge on any atom is 0.407 e. The van der Waals surface area contributed by atoms with Crippen molar-refractivity contribution in [2.24, 2.45) is 11.7 Å². The van der Waals surface area contributed by atoms with Crippen molar-refractivity contribution < 1.29 is 23.1 Å². The monoisotopic (exact) mass is 211 g/mol. The molecule has 1 aliphatic rings. The molecule has 2 atom stereocenters. The van der Waals surface area contributed by atoms with Crippen molar-refractivity contribution >= 4 is 5.97 Å². The minimum Gasteiger partial charge on any atom is -0.481 e. The van der Waals surface area contributed by atoms with Gasteiger partial charge in [0.1, 0.15) is 5.54 Å². The van der Waals surface area contributed by atoms with Gasteiger partial charge in [-0.15, -0.1) is 0 Å². The molecule has 0 aromatic rings. The molecule has 0 heterocycles. The maximum absolute atomic E-state index is 12.5. The summed E-state index contributed by atoms with van der Waals surface area (Å²) in [5.41, 5.74) is 2.63. The number of hydrogen-bond acceptors (Lipinski definition) is 2. The van der Waals surface area contributed by atoms with E-state index < -0.39 is 23.6 Å². The fraction of sp³-hybridized carbons (Fsp3) is 0.875. The molecule has 3 N–H and O–H groups in total. The molecule has 0 aromatic heterocycles. The van der Waals surface area contributed by atoms with Crippen LogP contribution in [-0.4, -0.2) is 22.8 Å². The molecule has 1 rings (SSSR count). The van der Waals surface area contributed by atoms with E-state index in [1.807, 2.05) is 0 Å². The van der Waals surface area contributed by atoms with Gasteiger partial charge in [-0.25, -0.2) is 0 Å². The van der Waals surface area contributed by atoms with E-state index in [1.165, 1.54) is 0 Å². The van der Waals surface area contributed by atoms with Gasteiger partial charge in [-0.1, -0.05) is 12.8 Å². The molecule has 1 aliphatic carbocycles. The highest BCUT2D eigenvalue weighted by atomic mass is 19.4. The Labute approximate surface area is 79.1 Å². The third kappa shape index (κ3) is 1.70. The van der Waals surface area contributed by atoms with Crippen LogP contribution >= 0.6 is 0 Å². The average molecular weight is 211 g/mol. The first-order valence-corrected chi connectivity index (χ1v) is 4.37. The molecule has 0 aliphatic heterocycles. The van der Waals surface area contributed by atoms with Crippen LogP contribution in [0, 0.1) is 5.92 Å². The second-order valence-electron chi connectivity index (χ2n) is 3.67. The smallest absolute Gasteiger partial charge is 0.407 e. The molecular formula is C8H12F3NO2. The van der Waals surface area contributed by atoms with Gasteiger partial charge in [-0.2, -0.15) is 13.2 Å². The van der Waals surface area contributed by atoms with Crippen LogP contribution in [0.5, 0.6) is 0 Å². The lowest BCUT2D eigenvalue weighted by atomic mass is 9.73. The normalized spacial score (nSPS) is 34.1. The third-order valence-corrected chi connectivity index (χ3v) is 2.78. The fourth-order valence-electron chi connectivity index (χ4n) is 1.88. The number of rotatable bonds is 1. The van der Waals surface area contributed by atoms with Crippen LogP contribution in [0.2, 0.25) is 0 Å². The van der Waals surface area contributed by atoms with E-state index in [9.17, 15) is 18.0 Å². The predicted molar refractivity (Wildman–Crippen MR) is 42.6 cm³/mol. The summed E-state index contributed by atoms with van der Waals surface area (Å²) in [4.78, 5) is 10.6. The standard InChI is InChI=1S/C8H12F3NO2/c9-8(10,11)7(12)4-2-1-3-5(7)6(13)14/h5H,1-4,12H2,(H,13,14)/t5-,7-/m0/s1. The summed E-state index contributed by atoms with van der Waals surface area (Å²) >= 11 is 0. The highest BCUT2D eigenvalue weighted by Crippen LogP contribution is 2.43. The lowest BCUT2D eigenvalue weighted by Gasteiger charge is -2.39. The van der Waals surface area contributed by atoms with E-state index in [2.05, 4.69) is 0 Å². The molecule has 1 saturated carbocycles. The van der Waals surface area contributed by atoms with Gasteiger partial charge < -0.3 is 10.8 Å². The minimum absolute atomic E-state index is 0.00530. The van der Waals surface area contributed by atoms with E-state index in [1.54, 1.807) is 0 Å². The third-order valence-electron chi connectivity index (χ3n) is 2.78. The number of nitrogens with two attached hydrogens (primary N) is 1. The fourth-order valence-corrected chi connectivity index (χ4v) is 1.88. The second kappa shape index (κ2) is 3.42. The maximum atomic E-state index is 12.5.